The van der Waals surface area contributed by atoms with E-state index in [1.165, 1.54) is 7.11 Å². The molecular formula is C17H16N2O2. The maximum absolute atomic E-state index is 12.1. The molecule has 3 rings (SSSR count). The zero-order valence-electron chi connectivity index (χ0n) is 11.7. The van der Waals surface area contributed by atoms with Gasteiger partial charge in [-0.05, 0) is 24.1 Å². The van der Waals surface area contributed by atoms with Crippen LogP contribution in [0.1, 0.15) is 17.2 Å². The molecule has 1 N–H and O–H groups in total. The summed E-state index contributed by atoms with van der Waals surface area (Å²) in [6, 6.07) is 13.8. The highest BCUT2D eigenvalue weighted by atomic mass is 16.5. The number of ether oxygens (including phenoxy) is 1. The van der Waals surface area contributed by atoms with Gasteiger partial charge in [0.05, 0.1) is 7.11 Å². The zero-order chi connectivity index (χ0) is 14.7. The van der Waals surface area contributed by atoms with E-state index in [2.05, 4.69) is 9.97 Å². The highest BCUT2D eigenvalue weighted by Crippen LogP contribution is 2.25. The molecule has 0 aliphatic rings. The lowest BCUT2D eigenvalue weighted by molar-refractivity contribution is -0.142. The van der Waals surface area contributed by atoms with Gasteiger partial charge >= 0.3 is 5.97 Å². The number of hydrogen-bond acceptors (Lipinski definition) is 3. The number of pyridine rings is 1. The molecular weight excluding hydrogens is 264 g/mol. The third-order valence-corrected chi connectivity index (χ3v) is 3.59. The van der Waals surface area contributed by atoms with Crippen LogP contribution in [0.15, 0.2) is 54.9 Å². The third kappa shape index (κ3) is 2.79. The van der Waals surface area contributed by atoms with Crippen molar-refractivity contribution in [2.45, 2.75) is 12.3 Å². The van der Waals surface area contributed by atoms with Crippen molar-refractivity contribution in [3.05, 3.63) is 66.1 Å². The molecule has 21 heavy (non-hydrogen) atoms. The summed E-state index contributed by atoms with van der Waals surface area (Å²) >= 11 is 0. The summed E-state index contributed by atoms with van der Waals surface area (Å²) in [5.41, 5.74) is 2.93. The van der Waals surface area contributed by atoms with Gasteiger partial charge in [0.1, 0.15) is 5.92 Å². The summed E-state index contributed by atoms with van der Waals surface area (Å²) < 4.78 is 4.96. The highest BCUT2D eigenvalue weighted by Gasteiger charge is 2.23. The second-order valence-electron chi connectivity index (χ2n) is 4.95. The summed E-state index contributed by atoms with van der Waals surface area (Å²) in [6.07, 6.45) is 4.12. The number of nitrogens with one attached hydrogen (secondary N) is 1. The smallest absolute Gasteiger partial charge is 0.315 e. The van der Waals surface area contributed by atoms with Gasteiger partial charge in [0.25, 0.3) is 0 Å². The lowest BCUT2D eigenvalue weighted by Gasteiger charge is -2.13. The van der Waals surface area contributed by atoms with Crippen LogP contribution < -0.4 is 0 Å². The van der Waals surface area contributed by atoms with E-state index in [1.54, 1.807) is 12.4 Å². The van der Waals surface area contributed by atoms with Crippen LogP contribution in [0.25, 0.3) is 10.9 Å². The number of carbonyl (C=O) groups excluding carboxylic acids is 1. The Labute approximate surface area is 122 Å². The molecule has 106 valence electrons. The average molecular weight is 280 g/mol. The van der Waals surface area contributed by atoms with E-state index in [9.17, 15) is 4.79 Å². The van der Waals surface area contributed by atoms with Gasteiger partial charge in [-0.1, -0.05) is 30.3 Å². The summed E-state index contributed by atoms with van der Waals surface area (Å²) in [5.74, 6) is -0.580. The SMILES string of the molecule is COC(=O)C(Cc1ccccc1)c1cc2cnccc2[nH]1. The van der Waals surface area contributed by atoms with Gasteiger partial charge in [-0.25, -0.2) is 0 Å². The van der Waals surface area contributed by atoms with Crippen LogP contribution in [0.3, 0.4) is 0 Å². The van der Waals surface area contributed by atoms with Crippen molar-refractivity contribution in [1.82, 2.24) is 9.97 Å². The highest BCUT2D eigenvalue weighted by molar-refractivity contribution is 5.84. The van der Waals surface area contributed by atoms with Crippen molar-refractivity contribution >= 4 is 16.9 Å². The van der Waals surface area contributed by atoms with Crippen molar-refractivity contribution < 1.29 is 9.53 Å². The number of methoxy groups -OCH3 is 1. The van der Waals surface area contributed by atoms with Crippen LogP contribution in [-0.4, -0.2) is 23.0 Å². The lowest BCUT2D eigenvalue weighted by atomic mass is 9.96. The van der Waals surface area contributed by atoms with Gasteiger partial charge in [-0.15, -0.1) is 0 Å². The fourth-order valence-corrected chi connectivity index (χ4v) is 2.49. The van der Waals surface area contributed by atoms with E-state index in [4.69, 9.17) is 4.74 Å². The molecule has 0 saturated carbocycles. The van der Waals surface area contributed by atoms with Crippen LogP contribution in [-0.2, 0) is 16.0 Å². The summed E-state index contributed by atoms with van der Waals surface area (Å²) in [7, 11) is 1.42. The van der Waals surface area contributed by atoms with Gasteiger partial charge in [-0.2, -0.15) is 0 Å². The second-order valence-corrected chi connectivity index (χ2v) is 4.95. The number of aromatic nitrogens is 2. The standard InChI is InChI=1S/C17H16N2O2/c1-21-17(20)14(9-12-5-3-2-4-6-12)16-10-13-11-18-8-7-15(13)19-16/h2-8,10-11,14,19H,9H2,1H3. The number of nitrogens with zero attached hydrogens (tertiary/aromatic N) is 1. The fraction of sp³-hybridized carbons (Fsp3) is 0.176. The zero-order valence-corrected chi connectivity index (χ0v) is 11.7. The fourth-order valence-electron chi connectivity index (χ4n) is 2.49. The van der Waals surface area contributed by atoms with Gasteiger partial charge in [0.15, 0.2) is 0 Å². The third-order valence-electron chi connectivity index (χ3n) is 3.59. The van der Waals surface area contributed by atoms with Gasteiger partial charge in [0.2, 0.25) is 0 Å². The Morgan fingerprint density at radius 2 is 2.10 bits per heavy atom. The Balaban J connectivity index is 1.97. The van der Waals surface area contributed by atoms with Crippen LogP contribution in [0.5, 0.6) is 0 Å². The summed E-state index contributed by atoms with van der Waals surface area (Å²) in [5, 5.41) is 0.995. The number of H-pyrrole nitrogens is 1. The van der Waals surface area contributed by atoms with Crippen molar-refractivity contribution in [2.75, 3.05) is 7.11 Å². The molecule has 0 fully saturated rings. The molecule has 0 aliphatic heterocycles. The summed E-state index contributed by atoms with van der Waals surface area (Å²) in [6.45, 7) is 0. The van der Waals surface area contributed by atoms with E-state index < -0.39 is 0 Å². The van der Waals surface area contributed by atoms with Crippen molar-refractivity contribution in [1.29, 1.82) is 0 Å². The monoisotopic (exact) mass is 280 g/mol. The Morgan fingerprint density at radius 1 is 1.29 bits per heavy atom. The predicted molar refractivity (Wildman–Crippen MR) is 81.0 cm³/mol. The molecule has 0 radical (unpaired) electrons. The molecule has 2 aromatic heterocycles. The first-order valence-electron chi connectivity index (χ1n) is 6.82. The van der Waals surface area contributed by atoms with E-state index in [0.717, 1.165) is 22.2 Å². The normalized spacial score (nSPS) is 12.2. The molecule has 0 aliphatic carbocycles. The minimum absolute atomic E-state index is 0.238. The topological polar surface area (TPSA) is 55.0 Å². The van der Waals surface area contributed by atoms with Crippen LogP contribution >= 0.6 is 0 Å². The number of benzene rings is 1. The van der Waals surface area contributed by atoms with Gasteiger partial charge in [-0.3, -0.25) is 9.78 Å². The minimum Gasteiger partial charge on any atom is -0.468 e. The number of esters is 1. The number of hydrogen-bond donors (Lipinski definition) is 1. The van der Waals surface area contributed by atoms with Gasteiger partial charge in [0, 0.05) is 29.0 Å². The first-order valence-corrected chi connectivity index (χ1v) is 6.82. The lowest BCUT2D eigenvalue weighted by Crippen LogP contribution is -2.17. The molecule has 2 heterocycles. The minimum atomic E-state index is -0.343. The molecule has 0 saturated heterocycles. The molecule has 4 heteroatoms. The number of rotatable bonds is 4. The predicted octanol–water partition coefficient (Wildman–Crippen LogP) is 3.06. The first-order chi connectivity index (χ1) is 10.3. The van der Waals surface area contributed by atoms with Gasteiger partial charge < -0.3 is 9.72 Å². The van der Waals surface area contributed by atoms with E-state index in [0.29, 0.717) is 6.42 Å². The second kappa shape index (κ2) is 5.79. The maximum atomic E-state index is 12.1. The Kier molecular flexibility index (Phi) is 3.69. The molecule has 3 aromatic rings. The van der Waals surface area contributed by atoms with Crippen LogP contribution in [0, 0.1) is 0 Å². The largest absolute Gasteiger partial charge is 0.468 e. The quantitative estimate of drug-likeness (QED) is 0.747. The molecule has 0 amide bonds. The van der Waals surface area contributed by atoms with E-state index >= 15 is 0 Å². The Bertz CT molecular complexity index is 717. The first kappa shape index (κ1) is 13.4. The number of carbonyl (C=O) groups is 1. The number of fused-ring (bicyclic) bond motifs is 1. The van der Waals surface area contributed by atoms with Crippen LogP contribution in [0.4, 0.5) is 0 Å². The molecule has 1 aromatic carbocycles. The summed E-state index contributed by atoms with van der Waals surface area (Å²) in [4.78, 5) is 19.5. The molecule has 1 atom stereocenters. The molecule has 4 nitrogen and oxygen atoms in total. The Hall–Kier alpha value is -2.62. The van der Waals surface area contributed by atoms with E-state index in [-0.39, 0.29) is 11.9 Å². The number of aromatic amines is 1. The maximum Gasteiger partial charge on any atom is 0.315 e. The van der Waals surface area contributed by atoms with Crippen molar-refractivity contribution in [3.63, 3.8) is 0 Å². The molecule has 0 spiro atoms. The van der Waals surface area contributed by atoms with Crippen LogP contribution in [0.2, 0.25) is 0 Å². The van der Waals surface area contributed by atoms with E-state index in [1.807, 2.05) is 42.5 Å². The Morgan fingerprint density at radius 3 is 2.81 bits per heavy atom. The average Bonchev–Trinajstić information content (AvgIpc) is 2.96. The molecule has 1 unspecified atom stereocenters. The van der Waals surface area contributed by atoms with Crippen molar-refractivity contribution in [2.24, 2.45) is 0 Å². The molecule has 0 bridgehead atoms. The van der Waals surface area contributed by atoms with Crippen molar-refractivity contribution in [3.8, 4) is 0 Å².